The molecule has 2 aromatic carbocycles. The molecule has 0 amide bonds. The van der Waals surface area contributed by atoms with Gasteiger partial charge in [-0.2, -0.15) is 0 Å². The number of fused-ring (bicyclic) bond motifs is 1. The second-order valence-corrected chi connectivity index (χ2v) is 8.78. The molecule has 0 saturated heterocycles. The fourth-order valence-electron chi connectivity index (χ4n) is 3.49. The number of halogens is 4. The lowest BCUT2D eigenvalue weighted by Crippen LogP contribution is -2.15. The molecule has 4 aromatic rings. The number of pyridine rings is 1. The van der Waals surface area contributed by atoms with E-state index in [2.05, 4.69) is 9.71 Å². The molecule has 2 heterocycles. The molecule has 178 valence electrons. The van der Waals surface area contributed by atoms with Crippen LogP contribution in [0.5, 0.6) is 5.75 Å². The first-order valence-electron chi connectivity index (χ1n) is 9.74. The maximum atomic E-state index is 14.0. The van der Waals surface area contributed by atoms with E-state index in [0.29, 0.717) is 17.0 Å². The SMILES string of the molecule is C[C@@H](Oc1c(N)ncc2c(-c3cccc(CNS(=O)[O-])c3)coc12)c1c(Cl)c(F)cc(F)c1Cl. The zero-order valence-electron chi connectivity index (χ0n) is 17.4. The number of ether oxygens (including phenoxy) is 1. The fraction of sp³-hybridized carbons (Fsp3) is 0.136. The zero-order valence-corrected chi connectivity index (χ0v) is 19.7. The number of nitrogen functional groups attached to an aromatic ring is 1. The first kappa shape index (κ1) is 24.4. The molecule has 2 aromatic heterocycles. The molecule has 3 N–H and O–H groups in total. The molecule has 7 nitrogen and oxygen atoms in total. The van der Waals surface area contributed by atoms with Crippen LogP contribution in [0.4, 0.5) is 14.6 Å². The largest absolute Gasteiger partial charge is 0.760 e. The van der Waals surface area contributed by atoms with Crippen molar-refractivity contribution in [1.29, 1.82) is 0 Å². The summed E-state index contributed by atoms with van der Waals surface area (Å²) in [5, 5.41) is -0.194. The Labute approximate surface area is 205 Å². The third kappa shape index (κ3) is 4.73. The van der Waals surface area contributed by atoms with Crippen molar-refractivity contribution in [3.8, 4) is 16.9 Å². The Bertz CT molecular complexity index is 1390. The minimum Gasteiger partial charge on any atom is -0.760 e. The van der Waals surface area contributed by atoms with Crippen molar-refractivity contribution in [3.63, 3.8) is 0 Å². The summed E-state index contributed by atoms with van der Waals surface area (Å²) in [6.07, 6.45) is 1.97. The van der Waals surface area contributed by atoms with Crippen molar-refractivity contribution in [1.82, 2.24) is 9.71 Å². The summed E-state index contributed by atoms with van der Waals surface area (Å²) in [6, 6.07) is 7.74. The Morgan fingerprint density at radius 1 is 1.26 bits per heavy atom. The van der Waals surface area contributed by atoms with Crippen LogP contribution in [-0.4, -0.2) is 13.7 Å². The lowest BCUT2D eigenvalue weighted by atomic mass is 10.0. The third-order valence-corrected chi connectivity index (χ3v) is 6.23. The number of hydrogen-bond acceptors (Lipinski definition) is 6. The number of benzene rings is 2. The third-order valence-electron chi connectivity index (χ3n) is 5.08. The standard InChI is InChI=1S/C22H17Cl2F2N3O4S/c1-10(17-18(23)15(25)6-16(26)19(17)24)33-21-20-13(8-28-22(21)27)14(9-32-20)12-4-2-3-11(5-12)7-29-34(30)31/h2-6,8-10,29H,7H2,1H3,(H2,27,28)(H,30,31)/p-1/t10-/m1/s1. The quantitative estimate of drug-likeness (QED) is 0.236. The Balaban J connectivity index is 1.73. The highest BCUT2D eigenvalue weighted by atomic mass is 35.5. The van der Waals surface area contributed by atoms with Crippen LogP contribution in [0.15, 0.2) is 47.2 Å². The topological polar surface area (TPSA) is 113 Å². The molecular weight excluding hydrogens is 511 g/mol. The van der Waals surface area contributed by atoms with Crippen LogP contribution in [0.3, 0.4) is 0 Å². The summed E-state index contributed by atoms with van der Waals surface area (Å²) in [5.74, 6) is -1.92. The maximum Gasteiger partial charge on any atom is 0.205 e. The second kappa shape index (κ2) is 9.85. The number of nitrogens with zero attached hydrogens (tertiary/aromatic N) is 1. The van der Waals surface area contributed by atoms with Gasteiger partial charge in [0.05, 0.1) is 21.7 Å². The Hall–Kier alpha value is -2.76. The average molecular weight is 527 g/mol. The van der Waals surface area contributed by atoms with Crippen LogP contribution >= 0.6 is 23.2 Å². The smallest absolute Gasteiger partial charge is 0.205 e. The van der Waals surface area contributed by atoms with Gasteiger partial charge in [-0.1, -0.05) is 41.4 Å². The van der Waals surface area contributed by atoms with Gasteiger partial charge in [-0.3, -0.25) is 4.21 Å². The van der Waals surface area contributed by atoms with Gasteiger partial charge < -0.3 is 19.4 Å². The summed E-state index contributed by atoms with van der Waals surface area (Å²) >= 11 is 9.64. The van der Waals surface area contributed by atoms with Crippen molar-refractivity contribution < 1.29 is 26.7 Å². The highest BCUT2D eigenvalue weighted by Gasteiger charge is 2.25. The average Bonchev–Trinajstić information content (AvgIpc) is 3.23. The van der Waals surface area contributed by atoms with E-state index in [-0.39, 0.29) is 39.3 Å². The zero-order chi connectivity index (χ0) is 24.6. The summed E-state index contributed by atoms with van der Waals surface area (Å²) in [5.41, 5.74) is 8.29. The van der Waals surface area contributed by atoms with Crippen LogP contribution in [0.2, 0.25) is 10.0 Å². The number of nitrogens with two attached hydrogens (primary N) is 1. The van der Waals surface area contributed by atoms with Gasteiger partial charge in [-0.05, 0) is 24.1 Å². The van der Waals surface area contributed by atoms with Crippen LogP contribution in [-0.2, 0) is 17.8 Å². The van der Waals surface area contributed by atoms with Crippen LogP contribution < -0.4 is 15.2 Å². The summed E-state index contributed by atoms with van der Waals surface area (Å²) < 4.78 is 63.5. The molecule has 0 saturated carbocycles. The monoisotopic (exact) mass is 526 g/mol. The van der Waals surface area contributed by atoms with E-state index >= 15 is 0 Å². The van der Waals surface area contributed by atoms with Crippen LogP contribution in [0, 0.1) is 11.6 Å². The van der Waals surface area contributed by atoms with Crippen molar-refractivity contribution >= 4 is 51.3 Å². The maximum absolute atomic E-state index is 14.0. The summed E-state index contributed by atoms with van der Waals surface area (Å²) in [4.78, 5) is 4.16. The van der Waals surface area contributed by atoms with Crippen molar-refractivity contribution in [2.75, 3.05) is 5.73 Å². The van der Waals surface area contributed by atoms with Gasteiger partial charge in [0.2, 0.25) is 5.75 Å². The summed E-state index contributed by atoms with van der Waals surface area (Å²) in [6.45, 7) is 1.62. The van der Waals surface area contributed by atoms with Crippen LogP contribution in [0.25, 0.3) is 22.1 Å². The van der Waals surface area contributed by atoms with Gasteiger partial charge in [-0.25, -0.2) is 18.5 Å². The molecular formula is C22H16Cl2F2N3O4S-. The number of nitrogens with one attached hydrogen (secondary N) is 1. The van der Waals surface area contributed by atoms with Gasteiger partial charge in [-0.15, -0.1) is 0 Å². The molecule has 12 heteroatoms. The van der Waals surface area contributed by atoms with E-state index < -0.39 is 29.0 Å². The summed E-state index contributed by atoms with van der Waals surface area (Å²) in [7, 11) is 0. The number of anilines is 1. The lowest BCUT2D eigenvalue weighted by Gasteiger charge is -2.19. The van der Waals surface area contributed by atoms with E-state index in [9.17, 15) is 17.5 Å². The highest BCUT2D eigenvalue weighted by molar-refractivity contribution is 7.77. The van der Waals surface area contributed by atoms with Gasteiger partial charge in [0.1, 0.15) is 17.7 Å². The minimum absolute atomic E-state index is 0.0137. The lowest BCUT2D eigenvalue weighted by molar-refractivity contribution is 0.227. The van der Waals surface area contributed by atoms with E-state index in [1.54, 1.807) is 18.2 Å². The van der Waals surface area contributed by atoms with Crippen molar-refractivity contribution in [2.24, 2.45) is 0 Å². The number of aromatic nitrogens is 1. The molecule has 0 aliphatic heterocycles. The molecule has 0 aliphatic carbocycles. The molecule has 0 radical (unpaired) electrons. The van der Waals surface area contributed by atoms with Crippen LogP contribution in [0.1, 0.15) is 24.2 Å². The molecule has 4 rings (SSSR count). The van der Waals surface area contributed by atoms with Gasteiger partial charge >= 0.3 is 0 Å². The molecule has 0 aliphatic rings. The van der Waals surface area contributed by atoms with E-state index in [0.717, 1.165) is 11.1 Å². The molecule has 0 bridgehead atoms. The van der Waals surface area contributed by atoms with E-state index in [4.69, 9.17) is 38.1 Å². The Morgan fingerprint density at radius 3 is 2.65 bits per heavy atom. The first-order valence-corrected chi connectivity index (χ1v) is 11.6. The number of rotatable bonds is 7. The Morgan fingerprint density at radius 2 is 1.97 bits per heavy atom. The Kier molecular flexibility index (Phi) is 7.06. The van der Waals surface area contributed by atoms with E-state index in [1.165, 1.54) is 19.4 Å². The van der Waals surface area contributed by atoms with Crippen molar-refractivity contribution in [3.05, 3.63) is 75.6 Å². The van der Waals surface area contributed by atoms with Gasteiger partial charge in [0.25, 0.3) is 0 Å². The first-order chi connectivity index (χ1) is 16.2. The van der Waals surface area contributed by atoms with Gasteiger partial charge in [0.15, 0.2) is 11.4 Å². The second-order valence-electron chi connectivity index (χ2n) is 7.26. The molecule has 1 unspecified atom stereocenters. The van der Waals surface area contributed by atoms with Gasteiger partial charge in [0, 0.05) is 41.2 Å². The molecule has 0 spiro atoms. The predicted molar refractivity (Wildman–Crippen MR) is 125 cm³/mol. The minimum atomic E-state index is -2.39. The fourth-order valence-corrected chi connectivity index (χ4v) is 4.43. The molecule has 0 fully saturated rings. The van der Waals surface area contributed by atoms with E-state index in [1.807, 2.05) is 6.07 Å². The normalized spacial score (nSPS) is 13.2. The number of hydrogen-bond donors (Lipinski definition) is 2. The van der Waals surface area contributed by atoms with Crippen molar-refractivity contribution in [2.45, 2.75) is 19.6 Å². The molecule has 2 atom stereocenters. The predicted octanol–water partition coefficient (Wildman–Crippen LogP) is 5.69. The highest BCUT2D eigenvalue weighted by Crippen LogP contribution is 2.42. The molecule has 34 heavy (non-hydrogen) atoms. The number of furan rings is 1.